The Morgan fingerprint density at radius 2 is 2.36 bits per heavy atom. The molecule has 1 atom stereocenters. The predicted octanol–water partition coefficient (Wildman–Crippen LogP) is 1.06. The molecule has 0 spiro atoms. The SMILES string of the molecule is CCC(C)(CN)OCc1ccn(C)n1. The summed E-state index contributed by atoms with van der Waals surface area (Å²) in [6.45, 7) is 5.17. The van der Waals surface area contributed by atoms with Crippen molar-refractivity contribution in [1.82, 2.24) is 9.78 Å². The Kier molecular flexibility index (Phi) is 3.66. The van der Waals surface area contributed by atoms with Crippen LogP contribution in [0.15, 0.2) is 12.3 Å². The molecule has 80 valence electrons. The summed E-state index contributed by atoms with van der Waals surface area (Å²) < 4.78 is 7.49. The number of ether oxygens (including phenoxy) is 1. The van der Waals surface area contributed by atoms with E-state index >= 15 is 0 Å². The third-order valence-electron chi connectivity index (χ3n) is 2.52. The van der Waals surface area contributed by atoms with Crippen LogP contribution in [0, 0.1) is 0 Å². The minimum absolute atomic E-state index is 0.225. The summed E-state index contributed by atoms with van der Waals surface area (Å²) in [5.74, 6) is 0. The second-order valence-corrected chi connectivity index (χ2v) is 3.78. The Morgan fingerprint density at radius 1 is 1.64 bits per heavy atom. The molecule has 14 heavy (non-hydrogen) atoms. The van der Waals surface area contributed by atoms with Gasteiger partial charge in [-0.05, 0) is 19.4 Å². The number of hydrogen-bond acceptors (Lipinski definition) is 3. The van der Waals surface area contributed by atoms with E-state index in [1.165, 1.54) is 0 Å². The maximum Gasteiger partial charge on any atom is 0.0914 e. The van der Waals surface area contributed by atoms with Crippen LogP contribution < -0.4 is 5.73 Å². The highest BCUT2D eigenvalue weighted by atomic mass is 16.5. The highest BCUT2D eigenvalue weighted by Crippen LogP contribution is 2.15. The van der Waals surface area contributed by atoms with Gasteiger partial charge in [0.1, 0.15) is 0 Å². The highest BCUT2D eigenvalue weighted by Gasteiger charge is 2.20. The second kappa shape index (κ2) is 4.57. The molecule has 0 aliphatic rings. The van der Waals surface area contributed by atoms with Gasteiger partial charge in [-0.15, -0.1) is 0 Å². The average Bonchev–Trinajstić information content (AvgIpc) is 2.61. The summed E-state index contributed by atoms with van der Waals surface area (Å²) in [6.07, 6.45) is 2.82. The van der Waals surface area contributed by atoms with Gasteiger partial charge < -0.3 is 10.5 Å². The van der Waals surface area contributed by atoms with Crippen molar-refractivity contribution in [1.29, 1.82) is 0 Å². The lowest BCUT2D eigenvalue weighted by atomic mass is 10.0. The normalized spacial score (nSPS) is 15.4. The molecule has 0 saturated heterocycles. The lowest BCUT2D eigenvalue weighted by Crippen LogP contribution is -2.36. The van der Waals surface area contributed by atoms with Gasteiger partial charge in [0.2, 0.25) is 0 Å². The van der Waals surface area contributed by atoms with Crippen LogP contribution in [-0.4, -0.2) is 21.9 Å². The summed E-state index contributed by atoms with van der Waals surface area (Å²) in [5, 5.41) is 4.23. The zero-order chi connectivity index (χ0) is 10.6. The fraction of sp³-hybridized carbons (Fsp3) is 0.700. The fourth-order valence-electron chi connectivity index (χ4n) is 1.09. The van der Waals surface area contributed by atoms with E-state index < -0.39 is 0 Å². The Labute approximate surface area is 85.0 Å². The quantitative estimate of drug-likeness (QED) is 0.768. The Morgan fingerprint density at radius 3 is 2.79 bits per heavy atom. The predicted molar refractivity (Wildman–Crippen MR) is 55.7 cm³/mol. The second-order valence-electron chi connectivity index (χ2n) is 3.78. The molecular formula is C10H19N3O. The Hall–Kier alpha value is -0.870. The summed E-state index contributed by atoms with van der Waals surface area (Å²) in [5.41, 5.74) is 6.36. The van der Waals surface area contributed by atoms with Gasteiger partial charge in [-0.1, -0.05) is 6.92 Å². The van der Waals surface area contributed by atoms with E-state index in [1.54, 1.807) is 4.68 Å². The van der Waals surface area contributed by atoms with E-state index in [4.69, 9.17) is 10.5 Å². The number of nitrogens with two attached hydrogens (primary N) is 1. The van der Waals surface area contributed by atoms with Crippen molar-refractivity contribution < 1.29 is 4.74 Å². The monoisotopic (exact) mass is 197 g/mol. The molecule has 1 aromatic rings. The zero-order valence-corrected chi connectivity index (χ0v) is 9.16. The van der Waals surface area contributed by atoms with Gasteiger partial charge in [-0.3, -0.25) is 4.68 Å². The van der Waals surface area contributed by atoms with Crippen LogP contribution in [0.2, 0.25) is 0 Å². The van der Waals surface area contributed by atoms with Gasteiger partial charge in [-0.25, -0.2) is 0 Å². The van der Waals surface area contributed by atoms with E-state index in [1.807, 2.05) is 26.2 Å². The molecule has 0 saturated carbocycles. The smallest absolute Gasteiger partial charge is 0.0914 e. The average molecular weight is 197 g/mol. The van der Waals surface area contributed by atoms with Gasteiger partial charge in [0.25, 0.3) is 0 Å². The van der Waals surface area contributed by atoms with E-state index in [0.29, 0.717) is 13.2 Å². The van der Waals surface area contributed by atoms with Crippen molar-refractivity contribution in [3.05, 3.63) is 18.0 Å². The molecule has 0 aromatic carbocycles. The van der Waals surface area contributed by atoms with Crippen molar-refractivity contribution >= 4 is 0 Å². The third kappa shape index (κ3) is 2.82. The van der Waals surface area contributed by atoms with Crippen molar-refractivity contribution in [2.24, 2.45) is 12.8 Å². The number of rotatable bonds is 5. The first-order valence-electron chi connectivity index (χ1n) is 4.92. The molecule has 4 nitrogen and oxygen atoms in total. The molecule has 0 aliphatic carbocycles. The molecular weight excluding hydrogens is 178 g/mol. The summed E-state index contributed by atoms with van der Waals surface area (Å²) >= 11 is 0. The number of nitrogens with zero attached hydrogens (tertiary/aromatic N) is 2. The van der Waals surface area contributed by atoms with Gasteiger partial charge in [0, 0.05) is 19.8 Å². The molecule has 1 heterocycles. The van der Waals surface area contributed by atoms with Crippen LogP contribution >= 0.6 is 0 Å². The Balaban J connectivity index is 2.47. The van der Waals surface area contributed by atoms with Crippen LogP contribution in [0.4, 0.5) is 0 Å². The van der Waals surface area contributed by atoms with Crippen LogP contribution in [0.3, 0.4) is 0 Å². The minimum atomic E-state index is -0.225. The van der Waals surface area contributed by atoms with Crippen LogP contribution in [0.25, 0.3) is 0 Å². The van der Waals surface area contributed by atoms with Crippen molar-refractivity contribution in [2.45, 2.75) is 32.5 Å². The molecule has 0 aliphatic heterocycles. The van der Waals surface area contributed by atoms with Crippen LogP contribution in [0.5, 0.6) is 0 Å². The molecule has 4 heteroatoms. The summed E-state index contributed by atoms with van der Waals surface area (Å²) in [7, 11) is 1.89. The first-order chi connectivity index (χ1) is 6.59. The van der Waals surface area contributed by atoms with Gasteiger partial charge in [-0.2, -0.15) is 5.10 Å². The van der Waals surface area contributed by atoms with Crippen LogP contribution in [0.1, 0.15) is 26.0 Å². The number of aryl methyl sites for hydroxylation is 1. The lowest BCUT2D eigenvalue weighted by Gasteiger charge is -2.26. The largest absolute Gasteiger partial charge is 0.368 e. The van der Waals surface area contributed by atoms with Gasteiger partial charge in [0.05, 0.1) is 17.9 Å². The molecule has 0 bridgehead atoms. The van der Waals surface area contributed by atoms with Crippen molar-refractivity contribution in [2.75, 3.05) is 6.54 Å². The molecule has 0 amide bonds. The van der Waals surface area contributed by atoms with Crippen LogP contribution in [-0.2, 0) is 18.4 Å². The lowest BCUT2D eigenvalue weighted by molar-refractivity contribution is -0.0402. The van der Waals surface area contributed by atoms with Gasteiger partial charge in [0.15, 0.2) is 0 Å². The molecule has 0 radical (unpaired) electrons. The Bertz CT molecular complexity index is 279. The topological polar surface area (TPSA) is 53.1 Å². The summed E-state index contributed by atoms with van der Waals surface area (Å²) in [4.78, 5) is 0. The number of aromatic nitrogens is 2. The summed E-state index contributed by atoms with van der Waals surface area (Å²) in [6, 6.07) is 1.95. The number of hydrogen-bond donors (Lipinski definition) is 1. The van der Waals surface area contributed by atoms with E-state index in [9.17, 15) is 0 Å². The van der Waals surface area contributed by atoms with E-state index in [0.717, 1.165) is 12.1 Å². The molecule has 1 unspecified atom stereocenters. The maximum atomic E-state index is 5.73. The highest BCUT2D eigenvalue weighted by molar-refractivity contribution is 4.97. The first-order valence-corrected chi connectivity index (χ1v) is 4.92. The first kappa shape index (κ1) is 11.2. The zero-order valence-electron chi connectivity index (χ0n) is 9.16. The van der Waals surface area contributed by atoms with E-state index in [2.05, 4.69) is 12.0 Å². The standard InChI is InChI=1S/C10H19N3O/c1-4-10(2,8-11)14-7-9-5-6-13(3)12-9/h5-6H,4,7-8,11H2,1-3H3. The maximum absolute atomic E-state index is 5.73. The molecule has 1 rings (SSSR count). The van der Waals surface area contributed by atoms with Crippen molar-refractivity contribution in [3.63, 3.8) is 0 Å². The molecule has 0 fully saturated rings. The van der Waals surface area contributed by atoms with Crippen molar-refractivity contribution in [3.8, 4) is 0 Å². The van der Waals surface area contributed by atoms with E-state index in [-0.39, 0.29) is 5.60 Å². The fourth-order valence-corrected chi connectivity index (χ4v) is 1.09. The molecule has 1 aromatic heterocycles. The minimum Gasteiger partial charge on any atom is -0.368 e. The molecule has 2 N–H and O–H groups in total. The third-order valence-corrected chi connectivity index (χ3v) is 2.52. The van der Waals surface area contributed by atoms with Gasteiger partial charge >= 0.3 is 0 Å².